The van der Waals surface area contributed by atoms with Crippen molar-refractivity contribution < 1.29 is 9.90 Å². The van der Waals surface area contributed by atoms with Crippen molar-refractivity contribution in [1.29, 1.82) is 0 Å². The summed E-state index contributed by atoms with van der Waals surface area (Å²) in [4.78, 5) is 10.8. The van der Waals surface area contributed by atoms with Gasteiger partial charge in [0.2, 0.25) is 0 Å². The third kappa shape index (κ3) is 1.79. The van der Waals surface area contributed by atoms with Crippen molar-refractivity contribution >= 4 is 34.1 Å². The monoisotopic (exact) mass is 199 g/mol. The fourth-order valence-corrected chi connectivity index (χ4v) is 1.41. The number of benzene rings is 2. The van der Waals surface area contributed by atoms with Gasteiger partial charge in [0.1, 0.15) is 0 Å². The maximum absolute atomic E-state index is 10.8. The first kappa shape index (κ1) is 10.8. The normalized spacial score (nSPS) is 9.43. The van der Waals surface area contributed by atoms with Crippen molar-refractivity contribution in [3.05, 3.63) is 48.0 Å². The fourth-order valence-electron chi connectivity index (χ4n) is 1.41. The second kappa shape index (κ2) is 4.28. The molecule has 0 heterocycles. The molecule has 0 saturated carbocycles. The molecule has 0 amide bonds. The summed E-state index contributed by atoms with van der Waals surface area (Å²) in [6, 6.07) is 12.7. The first-order chi connectivity index (χ1) is 6.29. The zero-order valence-corrected chi connectivity index (χ0v) is 8.63. The molecule has 0 atom stereocenters. The van der Waals surface area contributed by atoms with Crippen LogP contribution in [0, 0.1) is 0 Å². The Morgan fingerprint density at radius 1 is 1.00 bits per heavy atom. The molecule has 3 radical (unpaired) electrons. The molecule has 2 aromatic rings. The minimum atomic E-state index is -0.878. The number of carbonyl (C=O) groups is 1. The Morgan fingerprint density at radius 2 is 1.64 bits per heavy atom. The van der Waals surface area contributed by atoms with Crippen LogP contribution >= 0.6 is 0 Å². The van der Waals surface area contributed by atoms with E-state index in [0.29, 0.717) is 5.56 Å². The number of carboxylic acid groups (broad SMARTS) is 1. The van der Waals surface area contributed by atoms with Gasteiger partial charge in [-0.2, -0.15) is 0 Å². The van der Waals surface area contributed by atoms with Gasteiger partial charge in [0.05, 0.1) is 5.56 Å². The molecule has 0 bridgehead atoms. The van der Waals surface area contributed by atoms with Gasteiger partial charge in [0.25, 0.3) is 0 Å². The van der Waals surface area contributed by atoms with E-state index in [0.717, 1.165) is 10.8 Å². The van der Waals surface area contributed by atoms with E-state index in [1.54, 1.807) is 12.1 Å². The van der Waals surface area contributed by atoms with Crippen molar-refractivity contribution in [2.45, 2.75) is 0 Å². The number of hydrogen-bond donors (Lipinski definition) is 1. The Kier molecular flexibility index (Phi) is 3.29. The summed E-state index contributed by atoms with van der Waals surface area (Å²) in [5.74, 6) is -0.878. The van der Waals surface area contributed by atoms with E-state index in [4.69, 9.17) is 5.11 Å². The summed E-state index contributed by atoms with van der Waals surface area (Å²) in [7, 11) is 0. The van der Waals surface area contributed by atoms with Crippen LogP contribution in [0.3, 0.4) is 0 Å². The standard InChI is InChI=1S/C11H8O2.Al/c12-11(13)10-7-3-5-8-4-1-2-6-9(8)10;/h1-7H,(H,12,13);. The maximum atomic E-state index is 10.8. The van der Waals surface area contributed by atoms with Gasteiger partial charge >= 0.3 is 5.97 Å². The molecular weight excluding hydrogens is 191 g/mol. The van der Waals surface area contributed by atoms with Crippen LogP contribution in [0.15, 0.2) is 42.5 Å². The molecule has 1 N–H and O–H groups in total. The van der Waals surface area contributed by atoms with Crippen LogP contribution < -0.4 is 0 Å². The Balaban J connectivity index is 0.000000980. The lowest BCUT2D eigenvalue weighted by Gasteiger charge is -2.00. The van der Waals surface area contributed by atoms with E-state index in [9.17, 15) is 4.79 Å². The maximum Gasteiger partial charge on any atom is 0.336 e. The molecule has 2 nitrogen and oxygen atoms in total. The third-order valence-electron chi connectivity index (χ3n) is 2.02. The summed E-state index contributed by atoms with van der Waals surface area (Å²) in [6.07, 6.45) is 0. The molecule has 0 aliphatic carbocycles. The average Bonchev–Trinajstić information content (AvgIpc) is 2.17. The highest BCUT2D eigenvalue weighted by molar-refractivity contribution is 6.03. The molecule has 67 valence electrons. The molecule has 2 rings (SSSR count). The van der Waals surface area contributed by atoms with Crippen molar-refractivity contribution in [2.24, 2.45) is 0 Å². The van der Waals surface area contributed by atoms with Crippen LogP contribution in [0.4, 0.5) is 0 Å². The summed E-state index contributed by atoms with van der Waals surface area (Å²) < 4.78 is 0. The van der Waals surface area contributed by atoms with Gasteiger partial charge in [-0.15, -0.1) is 0 Å². The molecule has 0 aromatic heterocycles. The van der Waals surface area contributed by atoms with Crippen LogP contribution in [-0.4, -0.2) is 28.4 Å². The first-order valence-corrected chi connectivity index (χ1v) is 4.00. The quantitative estimate of drug-likeness (QED) is 0.714. The Labute approximate surface area is 92.3 Å². The van der Waals surface area contributed by atoms with Gasteiger partial charge in [-0.05, 0) is 16.8 Å². The van der Waals surface area contributed by atoms with Gasteiger partial charge in [0, 0.05) is 17.4 Å². The van der Waals surface area contributed by atoms with Gasteiger partial charge in [-0.1, -0.05) is 36.4 Å². The molecule has 0 aliphatic heterocycles. The van der Waals surface area contributed by atoms with Gasteiger partial charge in [0.15, 0.2) is 0 Å². The van der Waals surface area contributed by atoms with Crippen LogP contribution in [0.5, 0.6) is 0 Å². The molecule has 0 fully saturated rings. The van der Waals surface area contributed by atoms with E-state index >= 15 is 0 Å². The lowest BCUT2D eigenvalue weighted by molar-refractivity contribution is 0.0699. The minimum absolute atomic E-state index is 0. The topological polar surface area (TPSA) is 37.3 Å². The van der Waals surface area contributed by atoms with Gasteiger partial charge < -0.3 is 5.11 Å². The van der Waals surface area contributed by atoms with Crippen LogP contribution in [-0.2, 0) is 0 Å². The second-order valence-corrected chi connectivity index (χ2v) is 2.83. The highest BCUT2D eigenvalue weighted by Gasteiger charge is 2.05. The number of hydrogen-bond acceptors (Lipinski definition) is 1. The third-order valence-corrected chi connectivity index (χ3v) is 2.02. The number of carboxylic acids is 1. The van der Waals surface area contributed by atoms with Crippen LogP contribution in [0.1, 0.15) is 10.4 Å². The summed E-state index contributed by atoms with van der Waals surface area (Å²) in [5.41, 5.74) is 0.359. The number of fused-ring (bicyclic) bond motifs is 1. The highest BCUT2D eigenvalue weighted by Crippen LogP contribution is 2.17. The summed E-state index contributed by atoms with van der Waals surface area (Å²) >= 11 is 0. The van der Waals surface area contributed by atoms with Gasteiger partial charge in [-0.25, -0.2) is 4.79 Å². The van der Waals surface area contributed by atoms with Gasteiger partial charge in [-0.3, -0.25) is 0 Å². The molecule has 0 unspecified atom stereocenters. The van der Waals surface area contributed by atoms with E-state index in [1.165, 1.54) is 0 Å². The zero-order valence-electron chi connectivity index (χ0n) is 7.47. The second-order valence-electron chi connectivity index (χ2n) is 2.83. The molecule has 0 saturated heterocycles. The van der Waals surface area contributed by atoms with Crippen molar-refractivity contribution in [3.8, 4) is 0 Å². The van der Waals surface area contributed by atoms with Crippen molar-refractivity contribution in [2.75, 3.05) is 0 Å². The first-order valence-electron chi connectivity index (χ1n) is 4.00. The fraction of sp³-hybridized carbons (Fsp3) is 0. The minimum Gasteiger partial charge on any atom is -0.478 e. The Hall–Kier alpha value is -1.30. The van der Waals surface area contributed by atoms with E-state index in [-0.39, 0.29) is 17.4 Å². The van der Waals surface area contributed by atoms with Crippen LogP contribution in [0.25, 0.3) is 10.8 Å². The molecule has 14 heavy (non-hydrogen) atoms. The Bertz CT molecular complexity index is 460. The number of aromatic carboxylic acids is 1. The largest absolute Gasteiger partial charge is 0.478 e. The molecule has 0 aliphatic rings. The number of rotatable bonds is 1. The molecule has 3 heteroatoms. The van der Waals surface area contributed by atoms with Crippen molar-refractivity contribution in [3.63, 3.8) is 0 Å². The zero-order chi connectivity index (χ0) is 9.26. The molecule has 2 aromatic carbocycles. The lowest BCUT2D eigenvalue weighted by Crippen LogP contribution is -1.96. The summed E-state index contributed by atoms with van der Waals surface area (Å²) in [6.45, 7) is 0. The van der Waals surface area contributed by atoms with E-state index in [1.807, 2.05) is 30.3 Å². The highest BCUT2D eigenvalue weighted by atomic mass is 27.0. The SMILES string of the molecule is O=C(O)c1cccc2ccccc12.[Al]. The van der Waals surface area contributed by atoms with Crippen molar-refractivity contribution in [1.82, 2.24) is 0 Å². The van der Waals surface area contributed by atoms with E-state index < -0.39 is 5.97 Å². The smallest absolute Gasteiger partial charge is 0.336 e. The predicted molar refractivity (Wildman–Crippen MR) is 56.7 cm³/mol. The lowest BCUT2D eigenvalue weighted by atomic mass is 10.1. The predicted octanol–water partition coefficient (Wildman–Crippen LogP) is 2.16. The summed E-state index contributed by atoms with van der Waals surface area (Å²) in [5, 5.41) is 10.6. The van der Waals surface area contributed by atoms with E-state index in [2.05, 4.69) is 0 Å². The average molecular weight is 199 g/mol. The molecule has 0 spiro atoms. The Morgan fingerprint density at radius 3 is 2.36 bits per heavy atom. The molecular formula is C11H8AlO2. The van der Waals surface area contributed by atoms with Crippen LogP contribution in [0.2, 0.25) is 0 Å².